The quantitative estimate of drug-likeness (QED) is 0.500. The number of nitrogens with one attached hydrogen (secondary N) is 1. The molecule has 156 valence electrons. The molecule has 0 spiro atoms. The van der Waals surface area contributed by atoms with Crippen molar-refractivity contribution < 1.29 is 9.50 Å². The summed E-state index contributed by atoms with van der Waals surface area (Å²) in [5.74, 6) is 1.52. The maximum Gasteiger partial charge on any atom is 0.134 e. The van der Waals surface area contributed by atoms with Gasteiger partial charge < -0.3 is 19.6 Å². The van der Waals surface area contributed by atoms with Gasteiger partial charge in [-0.15, -0.1) is 0 Å². The number of hydrogen-bond acceptors (Lipinski definition) is 6. The van der Waals surface area contributed by atoms with Gasteiger partial charge in [0, 0.05) is 61.7 Å². The summed E-state index contributed by atoms with van der Waals surface area (Å²) in [5.41, 5.74) is 4.32. The van der Waals surface area contributed by atoms with Gasteiger partial charge in [-0.05, 0) is 49.6 Å². The summed E-state index contributed by atoms with van der Waals surface area (Å²) in [4.78, 5) is 9.02. The number of anilines is 2. The largest absolute Gasteiger partial charge is 0.396 e. The molecule has 5 nitrogen and oxygen atoms in total. The van der Waals surface area contributed by atoms with E-state index in [1.165, 1.54) is 29.1 Å². The summed E-state index contributed by atoms with van der Waals surface area (Å²) in [7, 11) is 0. The van der Waals surface area contributed by atoms with Crippen molar-refractivity contribution in [3.63, 3.8) is 0 Å². The van der Waals surface area contributed by atoms with E-state index in [9.17, 15) is 4.39 Å². The summed E-state index contributed by atoms with van der Waals surface area (Å²) in [6.45, 7) is 11.7. The molecular formula is C22H29FN4OS. The zero-order chi connectivity index (χ0) is 20.8. The zero-order valence-electron chi connectivity index (χ0n) is 17.1. The highest BCUT2D eigenvalue weighted by molar-refractivity contribution is 8.00. The van der Waals surface area contributed by atoms with Crippen LogP contribution in [0.4, 0.5) is 15.9 Å². The van der Waals surface area contributed by atoms with E-state index >= 15 is 0 Å². The van der Waals surface area contributed by atoms with Crippen LogP contribution < -0.4 is 9.62 Å². The third-order valence-electron chi connectivity index (χ3n) is 5.02. The Labute approximate surface area is 176 Å². The Morgan fingerprint density at radius 3 is 2.66 bits per heavy atom. The first-order chi connectivity index (χ1) is 14.0. The van der Waals surface area contributed by atoms with Crippen LogP contribution in [0.2, 0.25) is 0 Å². The minimum atomic E-state index is -0.277. The number of pyridine rings is 1. The first-order valence-corrected chi connectivity index (χ1v) is 10.9. The summed E-state index contributed by atoms with van der Waals surface area (Å²) >= 11 is 1.46. The molecule has 0 unspecified atom stereocenters. The Kier molecular flexibility index (Phi) is 7.39. The molecule has 1 aliphatic rings. The fourth-order valence-electron chi connectivity index (χ4n) is 3.48. The Bertz CT molecular complexity index is 853. The molecule has 3 rings (SSSR count). The van der Waals surface area contributed by atoms with Gasteiger partial charge in [-0.1, -0.05) is 24.6 Å². The van der Waals surface area contributed by atoms with Gasteiger partial charge in [-0.25, -0.2) is 9.37 Å². The van der Waals surface area contributed by atoms with Crippen molar-refractivity contribution in [3.05, 3.63) is 59.5 Å². The van der Waals surface area contributed by atoms with Gasteiger partial charge in [0.25, 0.3) is 0 Å². The molecular weight excluding hydrogens is 387 g/mol. The Morgan fingerprint density at radius 1 is 1.24 bits per heavy atom. The third-order valence-corrected chi connectivity index (χ3v) is 5.90. The van der Waals surface area contributed by atoms with Crippen LogP contribution in [0.5, 0.6) is 0 Å². The molecule has 2 N–H and O–H groups in total. The van der Waals surface area contributed by atoms with E-state index in [4.69, 9.17) is 5.11 Å². The zero-order valence-corrected chi connectivity index (χ0v) is 17.9. The number of piperazine rings is 1. The predicted molar refractivity (Wildman–Crippen MR) is 121 cm³/mol. The summed E-state index contributed by atoms with van der Waals surface area (Å²) in [5, 5.41) is 8.81. The highest BCUT2D eigenvalue weighted by Gasteiger charge is 2.22. The normalized spacial score (nSPS) is 14.2. The number of aromatic nitrogens is 1. The molecule has 0 aliphatic carbocycles. The van der Waals surface area contributed by atoms with Crippen LogP contribution in [0.1, 0.15) is 23.1 Å². The number of rotatable bonds is 8. The fraction of sp³-hybridized carbons (Fsp3) is 0.409. The van der Waals surface area contributed by atoms with E-state index in [1.807, 2.05) is 12.3 Å². The van der Waals surface area contributed by atoms with Crippen molar-refractivity contribution >= 4 is 29.2 Å². The maximum absolute atomic E-state index is 14.7. The van der Waals surface area contributed by atoms with E-state index in [0.29, 0.717) is 17.7 Å². The highest BCUT2D eigenvalue weighted by Crippen LogP contribution is 2.27. The Morgan fingerprint density at radius 2 is 2.00 bits per heavy atom. The van der Waals surface area contributed by atoms with E-state index in [-0.39, 0.29) is 12.4 Å². The Balaban J connectivity index is 1.58. The molecule has 1 fully saturated rings. The number of aliphatic hydroxyl groups excluding tert-OH is 1. The van der Waals surface area contributed by atoms with E-state index < -0.39 is 0 Å². The van der Waals surface area contributed by atoms with Crippen LogP contribution in [-0.2, 0) is 0 Å². The molecule has 29 heavy (non-hydrogen) atoms. The van der Waals surface area contributed by atoms with Crippen molar-refractivity contribution in [2.24, 2.45) is 0 Å². The van der Waals surface area contributed by atoms with Crippen LogP contribution in [-0.4, -0.2) is 53.5 Å². The van der Waals surface area contributed by atoms with Gasteiger partial charge in [0.05, 0.1) is 0 Å². The maximum atomic E-state index is 14.7. The number of nitrogens with zero attached hydrogens (tertiary/aromatic N) is 3. The molecule has 1 aliphatic heterocycles. The van der Waals surface area contributed by atoms with Crippen molar-refractivity contribution in [1.82, 2.24) is 9.88 Å². The monoisotopic (exact) mass is 416 g/mol. The van der Waals surface area contributed by atoms with Gasteiger partial charge in [0.1, 0.15) is 11.6 Å². The summed E-state index contributed by atoms with van der Waals surface area (Å²) < 4.78 is 17.8. The number of hydrogen-bond donors (Lipinski definition) is 2. The fourth-order valence-corrected chi connectivity index (χ4v) is 4.15. The third kappa shape index (κ3) is 5.42. The van der Waals surface area contributed by atoms with Gasteiger partial charge in [0.15, 0.2) is 0 Å². The Hall–Kier alpha value is -2.25. The van der Waals surface area contributed by atoms with Crippen molar-refractivity contribution in [1.29, 1.82) is 0 Å². The molecule has 0 atom stereocenters. The minimum absolute atomic E-state index is 0.161. The predicted octanol–water partition coefficient (Wildman–Crippen LogP) is 4.07. The van der Waals surface area contributed by atoms with Crippen LogP contribution in [0.15, 0.2) is 37.0 Å². The number of aryl methyl sites for hydroxylation is 2. The lowest BCUT2D eigenvalue weighted by atomic mass is 10.1. The topological polar surface area (TPSA) is 51.6 Å². The van der Waals surface area contributed by atoms with Crippen LogP contribution in [0, 0.1) is 19.7 Å². The molecule has 7 heteroatoms. The minimum Gasteiger partial charge on any atom is -0.396 e. The summed E-state index contributed by atoms with van der Waals surface area (Å²) in [6, 6.07) is 7.30. The van der Waals surface area contributed by atoms with E-state index in [2.05, 4.69) is 46.0 Å². The van der Waals surface area contributed by atoms with Crippen LogP contribution >= 0.6 is 11.9 Å². The van der Waals surface area contributed by atoms with Crippen molar-refractivity contribution in [2.75, 3.05) is 48.2 Å². The first kappa shape index (κ1) is 21.5. The molecule has 0 bridgehead atoms. The molecule has 2 aromatic rings. The summed E-state index contributed by atoms with van der Waals surface area (Å²) in [6.07, 6.45) is 2.61. The van der Waals surface area contributed by atoms with Gasteiger partial charge in [0.2, 0.25) is 0 Å². The van der Waals surface area contributed by atoms with Gasteiger partial charge >= 0.3 is 0 Å². The molecule has 1 aromatic heterocycles. The second-order valence-corrected chi connectivity index (χ2v) is 8.20. The smallest absolute Gasteiger partial charge is 0.134 e. The molecule has 0 amide bonds. The lowest BCUT2D eigenvalue weighted by Crippen LogP contribution is -2.46. The number of aliphatic hydroxyl groups is 1. The molecule has 2 heterocycles. The first-order valence-electron chi connectivity index (χ1n) is 9.90. The standard InChI is InChI=1S/C22H29FN4OS/c1-16-13-17(2)22(24-15-16)27-9-7-26(8-10-27)18(3)20-6-5-19(14-21(20)23)25-29-12-4-11-28/h5-6,13-15,25,28H,3-4,7-12H2,1-2H3. The molecule has 1 saturated heterocycles. The lowest BCUT2D eigenvalue weighted by Gasteiger charge is -2.38. The van der Waals surface area contributed by atoms with Crippen molar-refractivity contribution in [2.45, 2.75) is 20.3 Å². The van der Waals surface area contributed by atoms with E-state index in [1.54, 1.807) is 6.07 Å². The van der Waals surface area contributed by atoms with Crippen LogP contribution in [0.3, 0.4) is 0 Å². The molecule has 0 radical (unpaired) electrons. The number of benzene rings is 1. The molecule has 1 aromatic carbocycles. The van der Waals surface area contributed by atoms with Gasteiger partial charge in [-0.2, -0.15) is 0 Å². The van der Waals surface area contributed by atoms with E-state index in [0.717, 1.165) is 43.4 Å². The van der Waals surface area contributed by atoms with Crippen molar-refractivity contribution in [3.8, 4) is 0 Å². The highest BCUT2D eigenvalue weighted by atomic mass is 32.2. The second-order valence-electron chi connectivity index (χ2n) is 7.30. The average molecular weight is 417 g/mol. The van der Waals surface area contributed by atoms with Crippen LogP contribution in [0.25, 0.3) is 5.70 Å². The van der Waals surface area contributed by atoms with Gasteiger partial charge in [-0.3, -0.25) is 0 Å². The SMILES string of the molecule is C=C(c1ccc(NSCCCO)cc1F)N1CCN(c2ncc(C)cc2C)CC1. The molecule has 0 saturated carbocycles. The second kappa shape index (κ2) is 9.98. The average Bonchev–Trinajstić information content (AvgIpc) is 2.71. The number of halogens is 1. The lowest BCUT2D eigenvalue weighted by molar-refractivity contribution is 0.296.